The highest BCUT2D eigenvalue weighted by molar-refractivity contribution is 9.10. The summed E-state index contributed by atoms with van der Waals surface area (Å²) in [5.74, 6) is 0.0504. The highest BCUT2D eigenvalue weighted by Gasteiger charge is 2.33. The molecule has 2 aliphatic heterocycles. The Labute approximate surface area is 363 Å². The van der Waals surface area contributed by atoms with Gasteiger partial charge in [0.15, 0.2) is 23.1 Å². The number of rotatable bonds is 12. The molecule has 62 heavy (non-hydrogen) atoms. The van der Waals surface area contributed by atoms with Gasteiger partial charge in [-0.2, -0.15) is 20.4 Å². The second-order valence-corrected chi connectivity index (χ2v) is 14.5. The van der Waals surface area contributed by atoms with E-state index in [4.69, 9.17) is 24.3 Å². The summed E-state index contributed by atoms with van der Waals surface area (Å²) in [5.41, 5.74) is 2.18. The minimum atomic E-state index is -1.81. The summed E-state index contributed by atoms with van der Waals surface area (Å²) in [6, 6.07) is 23.3. The van der Waals surface area contributed by atoms with Crippen LogP contribution in [0.1, 0.15) is 11.4 Å². The van der Waals surface area contributed by atoms with Crippen molar-refractivity contribution in [3.8, 4) is 34.4 Å². The molecule has 0 bridgehead atoms. The number of carbonyl (C=O) groups excluding carboxylic acids is 2. The molecule has 0 saturated carbocycles. The highest BCUT2D eigenvalue weighted by atomic mass is 79.9. The summed E-state index contributed by atoms with van der Waals surface area (Å²) in [7, 11) is 0.934. The van der Waals surface area contributed by atoms with Crippen LogP contribution in [0.3, 0.4) is 0 Å². The molecule has 2 aliphatic rings. The first-order valence-corrected chi connectivity index (χ1v) is 19.8. The van der Waals surface area contributed by atoms with Crippen molar-refractivity contribution in [2.45, 2.75) is 25.0 Å². The van der Waals surface area contributed by atoms with Crippen LogP contribution < -0.4 is 24.4 Å². The van der Waals surface area contributed by atoms with Gasteiger partial charge in [0.1, 0.15) is 12.2 Å². The third kappa shape index (κ3) is 12.2. The van der Waals surface area contributed by atoms with Crippen LogP contribution in [0.15, 0.2) is 114 Å². The van der Waals surface area contributed by atoms with Crippen LogP contribution >= 0.6 is 15.9 Å². The Kier molecular flexibility index (Phi) is 15.8. The zero-order valence-corrected chi connectivity index (χ0v) is 35.0. The van der Waals surface area contributed by atoms with E-state index in [0.29, 0.717) is 60.5 Å². The number of benzene rings is 2. The standard InChI is InChI=1S/C21H19FN4O3.C14H13BrN4O2.C7H8BFO3/c1-28-18-6-2-5-17(21(18)22)14-7-8-19(23-11-14)29-16-12-26(13-16)20(27)10-15-4-3-9-24-25-15;15-10-3-4-13(16-7-10)21-12-8-19(9-12)14(20)6-11-2-1-5-17-18-11;1-12-6-4-2-3-5(7(6)9)8(10)11/h2-9,11,16H,10,12-13H2,1H3;1-5,7,12H,6,8-9H2;2-4,10-11H,1H3. The molecule has 6 heterocycles. The Balaban J connectivity index is 0.000000169. The lowest BCUT2D eigenvalue weighted by Gasteiger charge is -2.38. The lowest BCUT2D eigenvalue weighted by atomic mass is 9.80. The molecule has 2 N–H and O–H groups in total. The predicted octanol–water partition coefficient (Wildman–Crippen LogP) is 3.50. The van der Waals surface area contributed by atoms with Gasteiger partial charge in [0.25, 0.3) is 0 Å². The van der Waals surface area contributed by atoms with E-state index in [1.165, 1.54) is 32.4 Å². The third-order valence-corrected chi connectivity index (χ3v) is 9.79. The summed E-state index contributed by atoms with van der Waals surface area (Å²) in [5, 5.41) is 32.7. The van der Waals surface area contributed by atoms with Gasteiger partial charge in [0, 0.05) is 58.0 Å². The molecule has 2 amide bonds. The number of likely N-dealkylation sites (tertiary alicyclic amines) is 2. The van der Waals surface area contributed by atoms with Gasteiger partial charge in [-0.05, 0) is 64.5 Å². The number of nitrogens with zero attached hydrogens (tertiary/aromatic N) is 8. The highest BCUT2D eigenvalue weighted by Crippen LogP contribution is 2.29. The van der Waals surface area contributed by atoms with Crippen LogP contribution in [0.2, 0.25) is 0 Å². The Morgan fingerprint density at radius 3 is 1.66 bits per heavy atom. The Morgan fingerprint density at radius 1 is 0.694 bits per heavy atom. The number of pyridine rings is 2. The average Bonchev–Trinajstić information content (AvgIpc) is 3.25. The lowest BCUT2D eigenvalue weighted by molar-refractivity contribution is -0.140. The maximum atomic E-state index is 14.4. The van der Waals surface area contributed by atoms with Crippen LogP contribution in [0.4, 0.5) is 8.78 Å². The van der Waals surface area contributed by atoms with Crippen molar-refractivity contribution in [1.82, 2.24) is 40.2 Å². The van der Waals surface area contributed by atoms with Gasteiger partial charge in [-0.1, -0.05) is 24.3 Å². The van der Waals surface area contributed by atoms with Gasteiger partial charge in [0.2, 0.25) is 23.6 Å². The van der Waals surface area contributed by atoms with Crippen molar-refractivity contribution >= 4 is 40.3 Å². The fourth-order valence-electron chi connectivity index (χ4n) is 5.98. The third-order valence-electron chi connectivity index (χ3n) is 9.32. The first-order chi connectivity index (χ1) is 30.0. The molecule has 8 rings (SSSR count). The molecule has 2 fully saturated rings. The molecular weight excluding hydrogens is 873 g/mol. The van der Waals surface area contributed by atoms with Gasteiger partial charge >= 0.3 is 7.12 Å². The molecule has 2 aromatic carbocycles. The van der Waals surface area contributed by atoms with E-state index in [1.807, 2.05) is 6.07 Å². The van der Waals surface area contributed by atoms with E-state index >= 15 is 0 Å². The Hall–Kier alpha value is -6.64. The van der Waals surface area contributed by atoms with E-state index in [0.717, 1.165) is 4.47 Å². The van der Waals surface area contributed by atoms with Gasteiger partial charge < -0.3 is 38.8 Å². The van der Waals surface area contributed by atoms with Crippen molar-refractivity contribution in [3.63, 3.8) is 0 Å². The molecule has 320 valence electrons. The van der Waals surface area contributed by atoms with Gasteiger partial charge in [-0.25, -0.2) is 18.7 Å². The van der Waals surface area contributed by atoms with E-state index in [2.05, 4.69) is 51.0 Å². The normalized spacial score (nSPS) is 13.2. The molecule has 6 aromatic rings. The fraction of sp³-hybridized carbons (Fsp3) is 0.238. The minimum Gasteiger partial charge on any atom is -0.494 e. The summed E-state index contributed by atoms with van der Waals surface area (Å²) < 4.78 is 49.5. The Bertz CT molecular complexity index is 2390. The number of amides is 2. The second kappa shape index (κ2) is 21.8. The molecule has 0 aliphatic carbocycles. The second-order valence-electron chi connectivity index (χ2n) is 13.6. The van der Waals surface area contributed by atoms with Crippen LogP contribution in [-0.4, -0.2) is 122 Å². The summed E-state index contributed by atoms with van der Waals surface area (Å²) in [4.78, 5) is 36.1. The van der Waals surface area contributed by atoms with Crippen molar-refractivity contribution < 1.29 is 47.4 Å². The molecule has 4 aromatic heterocycles. The number of carbonyl (C=O) groups is 2. The van der Waals surface area contributed by atoms with Gasteiger partial charge in [-0.15, -0.1) is 0 Å². The van der Waals surface area contributed by atoms with E-state index in [1.54, 1.807) is 95.3 Å². The zero-order valence-electron chi connectivity index (χ0n) is 33.4. The zero-order chi connectivity index (χ0) is 44.0. The van der Waals surface area contributed by atoms with Gasteiger partial charge in [0.05, 0.1) is 64.6 Å². The molecule has 0 unspecified atom stereocenters. The molecule has 16 nitrogen and oxygen atoms in total. The summed E-state index contributed by atoms with van der Waals surface area (Å²) in [6.07, 6.45) is 6.79. The predicted molar refractivity (Wildman–Crippen MR) is 224 cm³/mol. The first kappa shape index (κ1) is 44.9. The van der Waals surface area contributed by atoms with Crippen molar-refractivity contribution in [2.24, 2.45) is 0 Å². The Morgan fingerprint density at radius 2 is 1.21 bits per heavy atom. The van der Waals surface area contributed by atoms with E-state index < -0.39 is 18.8 Å². The largest absolute Gasteiger partial charge is 0.494 e. The molecule has 0 radical (unpaired) electrons. The minimum absolute atomic E-state index is 0.000556. The fourth-order valence-corrected chi connectivity index (χ4v) is 6.22. The molecular formula is C42H40BBrF2N8O8. The van der Waals surface area contributed by atoms with Crippen LogP contribution in [-0.2, 0) is 22.4 Å². The molecule has 0 spiro atoms. The van der Waals surface area contributed by atoms with Crippen molar-refractivity contribution in [3.05, 3.63) is 137 Å². The number of ether oxygens (including phenoxy) is 4. The van der Waals surface area contributed by atoms with E-state index in [9.17, 15) is 18.4 Å². The maximum Gasteiger partial charge on any atom is 0.491 e. The van der Waals surface area contributed by atoms with Crippen LogP contribution in [0.25, 0.3) is 11.1 Å². The summed E-state index contributed by atoms with van der Waals surface area (Å²) in [6.45, 7) is 2.15. The van der Waals surface area contributed by atoms with Crippen molar-refractivity contribution in [2.75, 3.05) is 40.4 Å². The number of aromatic nitrogens is 6. The number of hydrogen-bond acceptors (Lipinski definition) is 14. The quantitative estimate of drug-likeness (QED) is 0.169. The first-order valence-electron chi connectivity index (χ1n) is 19.0. The van der Waals surface area contributed by atoms with Gasteiger partial charge in [-0.3, -0.25) is 9.59 Å². The number of hydrogen-bond donors (Lipinski definition) is 2. The van der Waals surface area contributed by atoms with Crippen LogP contribution in [0, 0.1) is 11.6 Å². The maximum absolute atomic E-state index is 14.4. The smallest absolute Gasteiger partial charge is 0.491 e. The number of halogens is 3. The molecule has 0 atom stereocenters. The van der Waals surface area contributed by atoms with E-state index in [-0.39, 0.29) is 53.8 Å². The average molecular weight is 914 g/mol. The lowest BCUT2D eigenvalue weighted by Crippen LogP contribution is -2.56. The topological polar surface area (TPSA) is 195 Å². The molecule has 20 heteroatoms. The van der Waals surface area contributed by atoms with Crippen molar-refractivity contribution in [1.29, 1.82) is 0 Å². The summed E-state index contributed by atoms with van der Waals surface area (Å²) >= 11 is 3.32. The van der Waals surface area contributed by atoms with Crippen LogP contribution in [0.5, 0.6) is 23.3 Å². The number of methoxy groups -OCH3 is 2. The SMILES string of the molecule is COc1cccc(-c2ccc(OC3CN(C(=O)Cc4cccnn4)C3)nc2)c1F.COc1cccc(B(O)O)c1F.O=C(Cc1cccnn1)N1CC(Oc2ccc(Br)cn2)C1. The molecule has 2 saturated heterocycles. The monoisotopic (exact) mass is 912 g/mol.